The third-order valence-corrected chi connectivity index (χ3v) is 4.22. The molecular weight excluding hydrogens is 352 g/mol. The van der Waals surface area contributed by atoms with Crippen molar-refractivity contribution in [2.45, 2.75) is 6.54 Å². The Bertz CT molecular complexity index is 807. The molecule has 5 heteroatoms. The van der Waals surface area contributed by atoms with Gasteiger partial charge >= 0.3 is 0 Å². The van der Waals surface area contributed by atoms with Gasteiger partial charge in [-0.3, -0.25) is 4.98 Å². The quantitative estimate of drug-likeness (QED) is 0.646. The number of nitrogens with one attached hydrogen (secondary N) is 1. The number of phenolic OH excluding ortho intramolecular Hbond substituents is 1. The molecule has 2 N–H and O–H groups in total. The number of pyridine rings is 1. The Morgan fingerprint density at radius 1 is 1.19 bits per heavy atom. The van der Waals surface area contributed by atoms with E-state index in [0.717, 1.165) is 26.6 Å². The first-order chi connectivity index (χ1) is 10.1. The zero-order valence-electron chi connectivity index (χ0n) is 11.0. The normalized spacial score (nSPS) is 10.8. The molecule has 3 rings (SSSR count). The fraction of sp³-hybridized carbons (Fsp3) is 0.0625. The largest absolute Gasteiger partial charge is 0.506 e. The molecule has 2 aromatic carbocycles. The minimum absolute atomic E-state index is 0.0815. The zero-order chi connectivity index (χ0) is 14.8. The molecule has 0 saturated carbocycles. The smallest absolute Gasteiger partial charge is 0.134 e. The number of hydrogen-bond acceptors (Lipinski definition) is 3. The minimum Gasteiger partial charge on any atom is -0.506 e. The van der Waals surface area contributed by atoms with Crippen LogP contribution in [0, 0.1) is 0 Å². The molecule has 0 unspecified atom stereocenters. The van der Waals surface area contributed by atoms with Gasteiger partial charge in [-0.15, -0.1) is 0 Å². The van der Waals surface area contributed by atoms with E-state index in [-0.39, 0.29) is 5.75 Å². The number of aromatic nitrogens is 1. The second-order valence-corrected chi connectivity index (χ2v) is 5.89. The summed E-state index contributed by atoms with van der Waals surface area (Å²) < 4.78 is 1.03. The number of nitrogens with zero attached hydrogens (tertiary/aromatic N) is 1. The lowest BCUT2D eigenvalue weighted by Crippen LogP contribution is -2.01. The van der Waals surface area contributed by atoms with E-state index in [9.17, 15) is 5.11 Å². The minimum atomic E-state index is 0.0815. The van der Waals surface area contributed by atoms with Gasteiger partial charge in [0.15, 0.2) is 0 Å². The monoisotopic (exact) mass is 362 g/mol. The average Bonchev–Trinajstić information content (AvgIpc) is 2.50. The molecule has 0 aliphatic heterocycles. The number of rotatable bonds is 3. The fourth-order valence-electron chi connectivity index (χ4n) is 2.15. The maximum Gasteiger partial charge on any atom is 0.134 e. The van der Waals surface area contributed by atoms with E-state index in [1.165, 1.54) is 0 Å². The lowest BCUT2D eigenvalue weighted by atomic mass is 10.1. The fourth-order valence-corrected chi connectivity index (χ4v) is 2.79. The van der Waals surface area contributed by atoms with Crippen LogP contribution in [0.4, 0.5) is 5.69 Å². The number of halogens is 2. The molecule has 0 aliphatic carbocycles. The number of anilines is 1. The molecular formula is C16H12BrClN2O. The van der Waals surface area contributed by atoms with Gasteiger partial charge in [0.25, 0.3) is 0 Å². The van der Waals surface area contributed by atoms with E-state index in [4.69, 9.17) is 11.6 Å². The molecule has 3 aromatic rings. The second kappa shape index (κ2) is 5.92. The van der Waals surface area contributed by atoms with Crippen LogP contribution in [0.3, 0.4) is 0 Å². The van der Waals surface area contributed by atoms with Crippen LogP contribution >= 0.6 is 27.5 Å². The molecule has 0 atom stereocenters. The molecule has 1 aromatic heterocycles. The molecule has 0 fully saturated rings. The predicted molar refractivity (Wildman–Crippen MR) is 89.9 cm³/mol. The zero-order valence-corrected chi connectivity index (χ0v) is 13.3. The predicted octanol–water partition coefficient (Wildman–Crippen LogP) is 4.97. The highest BCUT2D eigenvalue weighted by atomic mass is 79.9. The Hall–Kier alpha value is -1.78. The molecule has 0 radical (unpaired) electrons. The van der Waals surface area contributed by atoms with E-state index in [1.807, 2.05) is 24.3 Å². The van der Waals surface area contributed by atoms with Gasteiger partial charge < -0.3 is 10.4 Å². The summed E-state index contributed by atoms with van der Waals surface area (Å²) in [7, 11) is 0. The lowest BCUT2D eigenvalue weighted by molar-refractivity contribution is 0.475. The van der Waals surface area contributed by atoms with Gasteiger partial charge in [0, 0.05) is 28.3 Å². The third kappa shape index (κ3) is 2.96. The molecule has 0 amide bonds. The molecule has 1 heterocycles. The summed E-state index contributed by atoms with van der Waals surface area (Å²) in [6.45, 7) is 0.627. The van der Waals surface area contributed by atoms with Crippen LogP contribution in [0.1, 0.15) is 5.56 Å². The highest BCUT2D eigenvalue weighted by Crippen LogP contribution is 2.28. The Labute approximate surface area is 135 Å². The molecule has 3 nitrogen and oxygen atoms in total. The number of benzene rings is 2. The van der Waals surface area contributed by atoms with Gasteiger partial charge in [-0.2, -0.15) is 0 Å². The Balaban J connectivity index is 1.88. The van der Waals surface area contributed by atoms with Crippen LogP contribution in [0.25, 0.3) is 10.9 Å². The van der Waals surface area contributed by atoms with Crippen molar-refractivity contribution in [1.29, 1.82) is 0 Å². The summed E-state index contributed by atoms with van der Waals surface area (Å²) in [5.74, 6) is 0.0815. The summed E-state index contributed by atoms with van der Waals surface area (Å²) in [4.78, 5) is 4.45. The van der Waals surface area contributed by atoms with Gasteiger partial charge in [-0.1, -0.05) is 39.7 Å². The highest BCUT2D eigenvalue weighted by molar-refractivity contribution is 9.10. The van der Waals surface area contributed by atoms with E-state index in [2.05, 4.69) is 26.2 Å². The Kier molecular flexibility index (Phi) is 3.99. The van der Waals surface area contributed by atoms with E-state index in [0.29, 0.717) is 11.6 Å². The molecule has 0 aliphatic rings. The second-order valence-electron chi connectivity index (χ2n) is 4.63. The van der Waals surface area contributed by atoms with Crippen molar-refractivity contribution in [3.63, 3.8) is 0 Å². The van der Waals surface area contributed by atoms with Gasteiger partial charge in [-0.05, 0) is 35.9 Å². The summed E-state index contributed by atoms with van der Waals surface area (Å²) in [6.07, 6.45) is 1.79. The Morgan fingerprint density at radius 3 is 2.86 bits per heavy atom. The lowest BCUT2D eigenvalue weighted by Gasteiger charge is -2.10. The van der Waals surface area contributed by atoms with Crippen molar-refractivity contribution in [2.75, 3.05) is 5.32 Å². The summed E-state index contributed by atoms with van der Waals surface area (Å²) >= 11 is 9.44. The number of hydrogen-bond donors (Lipinski definition) is 2. The SMILES string of the molecule is Oc1ccc(NCc2ccc(Br)c3cccnc23)cc1Cl. The first-order valence-electron chi connectivity index (χ1n) is 6.39. The molecule has 0 bridgehead atoms. The summed E-state index contributed by atoms with van der Waals surface area (Å²) in [5, 5.41) is 14.1. The number of aromatic hydroxyl groups is 1. The molecule has 21 heavy (non-hydrogen) atoms. The van der Waals surface area contributed by atoms with Gasteiger partial charge in [0.2, 0.25) is 0 Å². The van der Waals surface area contributed by atoms with Crippen LogP contribution in [-0.4, -0.2) is 10.1 Å². The van der Waals surface area contributed by atoms with Crippen LogP contribution in [-0.2, 0) is 6.54 Å². The first-order valence-corrected chi connectivity index (χ1v) is 7.57. The van der Waals surface area contributed by atoms with E-state index >= 15 is 0 Å². The van der Waals surface area contributed by atoms with E-state index in [1.54, 1.807) is 24.4 Å². The van der Waals surface area contributed by atoms with Crippen LogP contribution in [0.15, 0.2) is 53.1 Å². The topological polar surface area (TPSA) is 45.1 Å². The first kappa shape index (κ1) is 14.2. The molecule has 0 spiro atoms. The van der Waals surface area contributed by atoms with Crippen molar-refractivity contribution in [2.24, 2.45) is 0 Å². The Morgan fingerprint density at radius 2 is 2.05 bits per heavy atom. The maximum absolute atomic E-state index is 9.43. The maximum atomic E-state index is 9.43. The van der Waals surface area contributed by atoms with Crippen molar-refractivity contribution >= 4 is 44.1 Å². The number of fused-ring (bicyclic) bond motifs is 1. The van der Waals surface area contributed by atoms with Gasteiger partial charge in [0.05, 0.1) is 10.5 Å². The molecule has 106 valence electrons. The van der Waals surface area contributed by atoms with Gasteiger partial charge in [-0.25, -0.2) is 0 Å². The number of phenols is 1. The summed E-state index contributed by atoms with van der Waals surface area (Å²) in [5.41, 5.74) is 2.91. The summed E-state index contributed by atoms with van der Waals surface area (Å²) in [6, 6.07) is 13.1. The average molecular weight is 364 g/mol. The standard InChI is InChI=1S/C16H12BrClN2O/c17-13-5-3-10(16-12(13)2-1-7-19-16)9-20-11-4-6-15(21)14(18)8-11/h1-8,20-21H,9H2. The van der Waals surface area contributed by atoms with Crippen molar-refractivity contribution in [3.8, 4) is 5.75 Å². The van der Waals surface area contributed by atoms with Crippen molar-refractivity contribution in [3.05, 3.63) is 63.7 Å². The van der Waals surface area contributed by atoms with Crippen LogP contribution in [0.5, 0.6) is 5.75 Å². The van der Waals surface area contributed by atoms with E-state index < -0.39 is 0 Å². The van der Waals surface area contributed by atoms with Crippen LogP contribution < -0.4 is 5.32 Å². The van der Waals surface area contributed by atoms with Crippen LogP contribution in [0.2, 0.25) is 5.02 Å². The van der Waals surface area contributed by atoms with Crippen molar-refractivity contribution in [1.82, 2.24) is 4.98 Å². The van der Waals surface area contributed by atoms with Crippen molar-refractivity contribution < 1.29 is 5.11 Å². The molecule has 0 saturated heterocycles. The van der Waals surface area contributed by atoms with Gasteiger partial charge in [0.1, 0.15) is 5.75 Å². The third-order valence-electron chi connectivity index (χ3n) is 3.23. The highest BCUT2D eigenvalue weighted by Gasteiger charge is 2.06.